The average Bonchev–Trinajstić information content (AvgIpc) is 3.08. The first-order valence-corrected chi connectivity index (χ1v) is 9.65. The normalized spacial score (nSPS) is 10.7. The Morgan fingerprint density at radius 3 is 2.71 bits per heavy atom. The van der Waals surface area contributed by atoms with Gasteiger partial charge in [0.2, 0.25) is 0 Å². The number of hydrogen-bond acceptors (Lipinski definition) is 6. The van der Waals surface area contributed by atoms with Crippen molar-refractivity contribution in [3.05, 3.63) is 58.6 Å². The van der Waals surface area contributed by atoms with E-state index in [1.807, 2.05) is 49.4 Å². The number of carbonyl (C=O) groups excluding carboxylic acids is 2. The standard InChI is InChI=1S/C21H22N2O4S/c1-14-8-9-17(26-3)15(10-14)11-21(25)27-13-20(24)23(2)12-19-22-16-6-4-5-7-18(16)28-19/h4-10H,11-13H2,1-3H3. The maximum Gasteiger partial charge on any atom is 0.310 e. The predicted molar refractivity (Wildman–Crippen MR) is 108 cm³/mol. The van der Waals surface area contributed by atoms with Crippen LogP contribution in [0.3, 0.4) is 0 Å². The Morgan fingerprint density at radius 2 is 1.96 bits per heavy atom. The second kappa shape index (κ2) is 8.84. The maximum atomic E-state index is 12.3. The van der Waals surface area contributed by atoms with Gasteiger partial charge in [-0.05, 0) is 25.1 Å². The first-order valence-electron chi connectivity index (χ1n) is 8.84. The predicted octanol–water partition coefficient (Wildman–Crippen LogP) is 3.36. The Balaban J connectivity index is 1.53. The third-order valence-electron chi connectivity index (χ3n) is 4.26. The van der Waals surface area contributed by atoms with E-state index in [0.29, 0.717) is 12.3 Å². The van der Waals surface area contributed by atoms with Crippen molar-refractivity contribution >= 4 is 33.4 Å². The molecular weight excluding hydrogens is 376 g/mol. The van der Waals surface area contributed by atoms with Gasteiger partial charge in [0.25, 0.3) is 5.91 Å². The van der Waals surface area contributed by atoms with Crippen LogP contribution >= 0.6 is 11.3 Å². The van der Waals surface area contributed by atoms with Crippen LogP contribution < -0.4 is 4.74 Å². The number of thiazole rings is 1. The maximum absolute atomic E-state index is 12.3. The zero-order valence-corrected chi connectivity index (χ0v) is 16.9. The van der Waals surface area contributed by atoms with Gasteiger partial charge in [-0.25, -0.2) is 4.98 Å². The Morgan fingerprint density at radius 1 is 1.18 bits per heavy atom. The zero-order valence-electron chi connectivity index (χ0n) is 16.1. The summed E-state index contributed by atoms with van der Waals surface area (Å²) in [5.74, 6) is -0.115. The van der Waals surface area contributed by atoms with E-state index in [1.165, 1.54) is 4.90 Å². The number of esters is 1. The van der Waals surface area contributed by atoms with E-state index < -0.39 is 5.97 Å². The van der Waals surface area contributed by atoms with Gasteiger partial charge < -0.3 is 14.4 Å². The Bertz CT molecular complexity index is 966. The van der Waals surface area contributed by atoms with Gasteiger partial charge in [0.15, 0.2) is 6.61 Å². The molecule has 0 bridgehead atoms. The van der Waals surface area contributed by atoms with Crippen molar-refractivity contribution in [3.63, 3.8) is 0 Å². The fourth-order valence-electron chi connectivity index (χ4n) is 2.78. The number of likely N-dealkylation sites (N-methyl/N-ethyl adjacent to an activating group) is 1. The topological polar surface area (TPSA) is 68.7 Å². The van der Waals surface area contributed by atoms with Crippen LogP contribution in [0.4, 0.5) is 0 Å². The van der Waals surface area contributed by atoms with Crippen LogP contribution in [0.5, 0.6) is 5.75 Å². The lowest BCUT2D eigenvalue weighted by Gasteiger charge is -2.15. The number of amides is 1. The lowest BCUT2D eigenvalue weighted by molar-refractivity contribution is -0.151. The van der Waals surface area contributed by atoms with E-state index in [2.05, 4.69) is 4.98 Å². The zero-order chi connectivity index (χ0) is 20.1. The van der Waals surface area contributed by atoms with Gasteiger partial charge in [0, 0.05) is 12.6 Å². The molecule has 3 rings (SSSR count). The molecule has 2 aromatic carbocycles. The molecular formula is C21H22N2O4S. The molecule has 0 aliphatic carbocycles. The van der Waals surface area contributed by atoms with Crippen molar-refractivity contribution in [1.29, 1.82) is 0 Å². The molecule has 7 heteroatoms. The van der Waals surface area contributed by atoms with Crippen molar-refractivity contribution in [2.75, 3.05) is 20.8 Å². The average molecular weight is 398 g/mol. The largest absolute Gasteiger partial charge is 0.496 e. The quantitative estimate of drug-likeness (QED) is 0.571. The number of hydrogen-bond donors (Lipinski definition) is 0. The summed E-state index contributed by atoms with van der Waals surface area (Å²) in [6, 6.07) is 13.4. The van der Waals surface area contributed by atoms with Crippen molar-refractivity contribution in [2.45, 2.75) is 19.9 Å². The third kappa shape index (κ3) is 4.86. The summed E-state index contributed by atoms with van der Waals surface area (Å²) < 4.78 is 11.5. The molecule has 0 atom stereocenters. The number of rotatable bonds is 7. The number of nitrogens with zero attached hydrogens (tertiary/aromatic N) is 2. The Hall–Kier alpha value is -2.93. The van der Waals surface area contributed by atoms with Gasteiger partial charge in [-0.3, -0.25) is 9.59 Å². The Kier molecular flexibility index (Phi) is 6.26. The Labute approximate surface area is 167 Å². The fraction of sp³-hybridized carbons (Fsp3) is 0.286. The molecule has 0 fully saturated rings. The van der Waals surface area contributed by atoms with Crippen molar-refractivity contribution in [3.8, 4) is 5.75 Å². The summed E-state index contributed by atoms with van der Waals surface area (Å²) in [6.07, 6.45) is 0.0553. The second-order valence-corrected chi connectivity index (χ2v) is 7.59. The molecule has 6 nitrogen and oxygen atoms in total. The van der Waals surface area contributed by atoms with E-state index in [-0.39, 0.29) is 18.9 Å². The van der Waals surface area contributed by atoms with Crippen LogP contribution in [0, 0.1) is 6.92 Å². The highest BCUT2D eigenvalue weighted by Crippen LogP contribution is 2.22. The van der Waals surface area contributed by atoms with E-state index in [4.69, 9.17) is 9.47 Å². The highest BCUT2D eigenvalue weighted by Gasteiger charge is 2.16. The number of aromatic nitrogens is 1. The number of ether oxygens (including phenoxy) is 2. The molecule has 0 radical (unpaired) electrons. The summed E-state index contributed by atoms with van der Waals surface area (Å²) in [4.78, 5) is 30.5. The molecule has 0 aliphatic heterocycles. The number of methoxy groups -OCH3 is 1. The number of carbonyl (C=O) groups is 2. The highest BCUT2D eigenvalue weighted by molar-refractivity contribution is 7.18. The molecule has 0 saturated heterocycles. The minimum absolute atomic E-state index is 0.0553. The van der Waals surface area contributed by atoms with Crippen molar-refractivity contribution in [2.24, 2.45) is 0 Å². The number of fused-ring (bicyclic) bond motifs is 1. The first-order chi connectivity index (χ1) is 13.5. The minimum atomic E-state index is -0.467. The van der Waals surface area contributed by atoms with Gasteiger partial charge in [-0.2, -0.15) is 0 Å². The van der Waals surface area contributed by atoms with Crippen LogP contribution in [0.2, 0.25) is 0 Å². The van der Waals surface area contributed by atoms with Gasteiger partial charge >= 0.3 is 5.97 Å². The molecule has 0 unspecified atom stereocenters. The molecule has 146 valence electrons. The fourth-order valence-corrected chi connectivity index (χ4v) is 3.80. The molecule has 28 heavy (non-hydrogen) atoms. The number of aryl methyl sites for hydroxylation is 1. The van der Waals surface area contributed by atoms with E-state index in [1.54, 1.807) is 25.5 Å². The molecule has 0 aliphatic rings. The SMILES string of the molecule is COc1ccc(C)cc1CC(=O)OCC(=O)N(C)Cc1nc2ccccc2s1. The van der Waals surface area contributed by atoms with E-state index in [9.17, 15) is 9.59 Å². The summed E-state index contributed by atoms with van der Waals surface area (Å²) in [6.45, 7) is 2.02. The van der Waals surface area contributed by atoms with Crippen LogP contribution in [0.1, 0.15) is 16.1 Å². The smallest absolute Gasteiger partial charge is 0.310 e. The minimum Gasteiger partial charge on any atom is -0.496 e. The van der Waals surface area contributed by atoms with E-state index >= 15 is 0 Å². The summed E-state index contributed by atoms with van der Waals surface area (Å²) >= 11 is 1.55. The summed E-state index contributed by atoms with van der Waals surface area (Å²) in [5.41, 5.74) is 2.68. The lowest BCUT2D eigenvalue weighted by atomic mass is 10.1. The summed E-state index contributed by atoms with van der Waals surface area (Å²) in [5, 5.41) is 0.841. The number of para-hydroxylation sites is 1. The third-order valence-corrected chi connectivity index (χ3v) is 5.28. The van der Waals surface area contributed by atoms with Crippen molar-refractivity contribution in [1.82, 2.24) is 9.88 Å². The molecule has 3 aromatic rings. The van der Waals surface area contributed by atoms with Crippen LogP contribution in [0.25, 0.3) is 10.2 Å². The van der Waals surface area contributed by atoms with Crippen LogP contribution in [0.15, 0.2) is 42.5 Å². The van der Waals surface area contributed by atoms with Gasteiger partial charge in [0.1, 0.15) is 10.8 Å². The highest BCUT2D eigenvalue weighted by atomic mass is 32.1. The van der Waals surface area contributed by atoms with Gasteiger partial charge in [-0.1, -0.05) is 29.8 Å². The summed E-state index contributed by atoms with van der Waals surface area (Å²) in [7, 11) is 3.23. The van der Waals surface area contributed by atoms with Gasteiger partial charge in [-0.15, -0.1) is 11.3 Å². The molecule has 1 heterocycles. The molecule has 1 amide bonds. The lowest BCUT2D eigenvalue weighted by Crippen LogP contribution is -2.31. The van der Waals surface area contributed by atoms with Crippen molar-refractivity contribution < 1.29 is 19.1 Å². The molecule has 0 spiro atoms. The van der Waals surface area contributed by atoms with E-state index in [0.717, 1.165) is 26.4 Å². The first kappa shape index (κ1) is 19.8. The second-order valence-electron chi connectivity index (χ2n) is 6.48. The van der Waals surface area contributed by atoms with Crippen LogP contribution in [-0.2, 0) is 27.3 Å². The molecule has 0 saturated carbocycles. The molecule has 1 aromatic heterocycles. The monoisotopic (exact) mass is 398 g/mol. The van der Waals surface area contributed by atoms with Gasteiger partial charge in [0.05, 0.1) is 30.3 Å². The number of benzene rings is 2. The molecule has 0 N–H and O–H groups in total. The van der Waals surface area contributed by atoms with Crippen LogP contribution in [-0.4, -0.2) is 42.5 Å².